The van der Waals surface area contributed by atoms with E-state index in [9.17, 15) is 0 Å². The van der Waals surface area contributed by atoms with Crippen LogP contribution in [0.2, 0.25) is 0 Å². The Hall–Kier alpha value is -6.78. The summed E-state index contributed by atoms with van der Waals surface area (Å²) in [6.07, 6.45) is 0. The van der Waals surface area contributed by atoms with Gasteiger partial charge in [-0.25, -0.2) is 0 Å². The van der Waals surface area contributed by atoms with Crippen LogP contribution in [-0.4, -0.2) is 0 Å². The van der Waals surface area contributed by atoms with Crippen molar-refractivity contribution in [1.29, 1.82) is 0 Å². The molecule has 2 aromatic heterocycles. The van der Waals surface area contributed by atoms with Gasteiger partial charge in [0.05, 0.1) is 5.69 Å². The van der Waals surface area contributed by atoms with Crippen LogP contribution < -0.4 is 4.90 Å². The summed E-state index contributed by atoms with van der Waals surface area (Å²) in [5.41, 5.74) is 16.0. The van der Waals surface area contributed by atoms with E-state index in [2.05, 4.69) is 219 Å². The number of rotatable bonds is 6. The molecule has 0 fully saturated rings. The Morgan fingerprint density at radius 1 is 0.383 bits per heavy atom. The molecule has 0 radical (unpaired) electrons. The second-order valence-electron chi connectivity index (χ2n) is 16.4. The summed E-state index contributed by atoms with van der Waals surface area (Å²) >= 11 is 3.79. The van der Waals surface area contributed by atoms with Gasteiger partial charge < -0.3 is 4.90 Å². The molecule has 12 rings (SSSR count). The monoisotopic (exact) mass is 801 g/mol. The van der Waals surface area contributed by atoms with Gasteiger partial charge in [0, 0.05) is 62.7 Å². The van der Waals surface area contributed by atoms with Crippen molar-refractivity contribution >= 4 is 80.1 Å². The number of nitrogens with zero attached hydrogens (tertiary/aromatic N) is 1. The van der Waals surface area contributed by atoms with Crippen LogP contribution in [-0.2, 0) is 5.41 Å². The van der Waals surface area contributed by atoms with Gasteiger partial charge in [-0.3, -0.25) is 0 Å². The first kappa shape index (κ1) is 35.2. The Labute approximate surface area is 358 Å². The minimum absolute atomic E-state index is 0.200. The quantitative estimate of drug-likeness (QED) is 0.162. The van der Waals surface area contributed by atoms with Crippen molar-refractivity contribution in [3.05, 3.63) is 211 Å². The van der Waals surface area contributed by atoms with Crippen molar-refractivity contribution in [2.24, 2.45) is 0 Å². The van der Waals surface area contributed by atoms with Crippen molar-refractivity contribution in [1.82, 2.24) is 0 Å². The molecule has 0 aliphatic heterocycles. The molecule has 2 heterocycles. The Balaban J connectivity index is 1.13. The van der Waals surface area contributed by atoms with Crippen molar-refractivity contribution in [2.45, 2.75) is 19.3 Å². The van der Waals surface area contributed by atoms with E-state index in [1.54, 1.807) is 0 Å². The van der Waals surface area contributed by atoms with E-state index < -0.39 is 0 Å². The molecule has 0 saturated heterocycles. The predicted octanol–water partition coefficient (Wildman–Crippen LogP) is 17.2. The van der Waals surface area contributed by atoms with E-state index in [-0.39, 0.29) is 5.41 Å². The lowest BCUT2D eigenvalue weighted by molar-refractivity contribution is 0.661. The summed E-state index contributed by atoms with van der Waals surface area (Å²) < 4.78 is 5.28. The molecule has 0 N–H and O–H groups in total. The number of benzene rings is 9. The number of hydrogen-bond donors (Lipinski definition) is 0. The van der Waals surface area contributed by atoms with Gasteiger partial charge in [-0.1, -0.05) is 166 Å². The molecular formula is C57H39NS2. The van der Waals surface area contributed by atoms with Gasteiger partial charge in [-0.2, -0.15) is 0 Å². The number of fused-ring (bicyclic) bond motifs is 9. The summed E-state index contributed by atoms with van der Waals surface area (Å²) in [6.45, 7) is 4.82. The summed E-state index contributed by atoms with van der Waals surface area (Å²) in [4.78, 5) is 2.55. The molecule has 1 nitrogen and oxygen atoms in total. The number of thiophene rings is 2. The Bertz CT molecular complexity index is 3430. The third-order valence-corrected chi connectivity index (χ3v) is 15.0. The highest BCUT2D eigenvalue weighted by atomic mass is 32.1. The fourth-order valence-electron chi connectivity index (χ4n) is 9.71. The van der Waals surface area contributed by atoms with Gasteiger partial charge in [-0.05, 0) is 98.6 Å². The molecule has 0 amide bonds. The molecule has 0 saturated carbocycles. The van der Waals surface area contributed by atoms with E-state index in [4.69, 9.17) is 0 Å². The van der Waals surface area contributed by atoms with Crippen LogP contribution in [0.1, 0.15) is 25.0 Å². The smallest absolute Gasteiger partial charge is 0.0636 e. The first-order valence-electron chi connectivity index (χ1n) is 20.7. The molecule has 284 valence electrons. The average molecular weight is 802 g/mol. The topological polar surface area (TPSA) is 3.24 Å². The zero-order valence-electron chi connectivity index (χ0n) is 33.3. The van der Waals surface area contributed by atoms with Crippen LogP contribution in [0, 0.1) is 0 Å². The summed E-state index contributed by atoms with van der Waals surface area (Å²) in [7, 11) is 0. The maximum absolute atomic E-state index is 2.55. The third-order valence-electron chi connectivity index (χ3n) is 12.7. The van der Waals surface area contributed by atoms with Crippen LogP contribution in [0.15, 0.2) is 200 Å². The van der Waals surface area contributed by atoms with E-state index in [0.717, 1.165) is 11.4 Å². The van der Waals surface area contributed by atoms with E-state index in [1.807, 2.05) is 22.7 Å². The van der Waals surface area contributed by atoms with Crippen LogP contribution in [0.5, 0.6) is 0 Å². The summed E-state index contributed by atoms with van der Waals surface area (Å²) in [5.74, 6) is 0. The van der Waals surface area contributed by atoms with E-state index in [0.29, 0.717) is 0 Å². The van der Waals surface area contributed by atoms with E-state index >= 15 is 0 Å². The summed E-state index contributed by atoms with van der Waals surface area (Å²) in [5, 5.41) is 5.24. The van der Waals surface area contributed by atoms with Gasteiger partial charge in [0.25, 0.3) is 0 Å². The normalized spacial score (nSPS) is 13.0. The Morgan fingerprint density at radius 2 is 0.933 bits per heavy atom. The first-order valence-corrected chi connectivity index (χ1v) is 22.3. The maximum Gasteiger partial charge on any atom is 0.0636 e. The minimum Gasteiger partial charge on any atom is -0.309 e. The van der Waals surface area contributed by atoms with Crippen molar-refractivity contribution in [2.75, 3.05) is 4.90 Å². The average Bonchev–Trinajstić information content (AvgIpc) is 3.95. The highest BCUT2D eigenvalue weighted by Gasteiger charge is 2.40. The molecule has 11 aromatic rings. The van der Waals surface area contributed by atoms with Gasteiger partial charge in [0.1, 0.15) is 0 Å². The molecule has 0 unspecified atom stereocenters. The number of hydrogen-bond acceptors (Lipinski definition) is 3. The molecular weight excluding hydrogens is 763 g/mol. The molecule has 60 heavy (non-hydrogen) atoms. The van der Waals surface area contributed by atoms with E-state index in [1.165, 1.54) is 102 Å². The summed E-state index contributed by atoms with van der Waals surface area (Å²) in [6, 6.07) is 74.2. The second-order valence-corrected chi connectivity index (χ2v) is 18.6. The largest absolute Gasteiger partial charge is 0.309 e. The first-order chi connectivity index (χ1) is 29.5. The molecule has 9 aromatic carbocycles. The zero-order valence-corrected chi connectivity index (χ0v) is 34.9. The fraction of sp³-hybridized carbons (Fsp3) is 0.0526. The molecule has 0 atom stereocenters. The SMILES string of the molecule is CC1(C)c2ccc(-c3ccccc3)cc2-c2c1cc1sc3ccccc3c1c2N(c1ccc(-c2ccccc2)cc1)c1ccc(-c2cccc3c2sc2ccccc23)cc1. The highest BCUT2D eigenvalue weighted by molar-refractivity contribution is 7.26. The second kappa shape index (κ2) is 13.6. The number of anilines is 3. The van der Waals surface area contributed by atoms with Gasteiger partial charge in [-0.15, -0.1) is 22.7 Å². The lowest BCUT2D eigenvalue weighted by atomic mass is 9.82. The van der Waals surface area contributed by atoms with Gasteiger partial charge >= 0.3 is 0 Å². The van der Waals surface area contributed by atoms with Crippen LogP contribution in [0.4, 0.5) is 17.1 Å². The predicted molar refractivity (Wildman–Crippen MR) is 261 cm³/mol. The third kappa shape index (κ3) is 5.43. The molecule has 1 aliphatic carbocycles. The minimum atomic E-state index is -0.200. The zero-order chi connectivity index (χ0) is 40.0. The standard InChI is InChI=1S/C57H39NS2/c1-57(2)48-33-28-40(37-16-7-4-8-17-37)34-47(48)53-49(57)35-52-54(46-19-10-12-23-51(46)59-52)55(53)58(41-29-24-38(25-30-41)36-14-5-3-6-15-36)42-31-26-39(27-32-42)43-20-13-21-45-44-18-9-11-22-50(44)60-56(43)45/h3-35H,1-2H3. The molecule has 0 spiro atoms. The van der Waals surface area contributed by atoms with Crippen molar-refractivity contribution < 1.29 is 0 Å². The fourth-order valence-corrected chi connectivity index (χ4v) is 12.1. The lowest BCUT2D eigenvalue weighted by Crippen LogP contribution is -2.16. The van der Waals surface area contributed by atoms with Crippen LogP contribution in [0.25, 0.3) is 84.9 Å². The molecule has 3 heteroatoms. The van der Waals surface area contributed by atoms with Gasteiger partial charge in [0.2, 0.25) is 0 Å². The highest BCUT2D eigenvalue weighted by Crippen LogP contribution is 2.59. The van der Waals surface area contributed by atoms with Crippen LogP contribution >= 0.6 is 22.7 Å². The Kier molecular flexibility index (Phi) is 8.00. The van der Waals surface area contributed by atoms with Gasteiger partial charge in [0.15, 0.2) is 0 Å². The van der Waals surface area contributed by atoms with Crippen LogP contribution in [0.3, 0.4) is 0 Å². The lowest BCUT2D eigenvalue weighted by Gasteiger charge is -2.30. The van der Waals surface area contributed by atoms with Crippen molar-refractivity contribution in [3.63, 3.8) is 0 Å². The maximum atomic E-state index is 2.55. The molecule has 0 bridgehead atoms. The molecule has 1 aliphatic rings. The Morgan fingerprint density at radius 3 is 1.63 bits per heavy atom. The van der Waals surface area contributed by atoms with Crippen molar-refractivity contribution in [3.8, 4) is 44.5 Å².